The lowest BCUT2D eigenvalue weighted by Gasteiger charge is -2.24. The summed E-state index contributed by atoms with van der Waals surface area (Å²) in [6.07, 6.45) is -3.55. The second-order valence-corrected chi connectivity index (χ2v) is 11.8. The van der Waals surface area contributed by atoms with E-state index in [1.54, 1.807) is 15.7 Å². The molecule has 3 N–H and O–H groups in total. The van der Waals surface area contributed by atoms with E-state index in [1.165, 1.54) is 7.11 Å². The topological polar surface area (TPSA) is 169 Å². The zero-order valence-electron chi connectivity index (χ0n) is 19.8. The van der Waals surface area contributed by atoms with E-state index in [1.807, 2.05) is 7.85 Å². The first-order valence-electron chi connectivity index (χ1n) is 11.3. The Morgan fingerprint density at radius 3 is 1.62 bits per heavy atom. The molecule has 2 unspecified atom stereocenters. The van der Waals surface area contributed by atoms with Crippen molar-refractivity contribution >= 4 is 39.2 Å². The Bertz CT molecular complexity index is 766. The number of phosphoric acid groups is 2. The molecule has 18 heteroatoms. The second-order valence-electron chi connectivity index (χ2n) is 9.00. The molecule has 0 aromatic carbocycles. The summed E-state index contributed by atoms with van der Waals surface area (Å²) in [5.41, 5.74) is 0. The van der Waals surface area contributed by atoms with Gasteiger partial charge in [0.05, 0.1) is 38.1 Å². The molecule has 0 saturated carbocycles. The molecule has 34 heavy (non-hydrogen) atoms. The van der Waals surface area contributed by atoms with Crippen molar-refractivity contribution in [2.24, 2.45) is 0 Å². The zero-order valence-corrected chi connectivity index (χ0v) is 21.5. The smallest absolute Gasteiger partial charge is 0.390 e. The van der Waals surface area contributed by atoms with E-state index in [4.69, 9.17) is 37.0 Å². The van der Waals surface area contributed by atoms with Gasteiger partial charge in [-0.25, -0.2) is 9.13 Å². The van der Waals surface area contributed by atoms with Gasteiger partial charge in [-0.05, 0) is 19.3 Å². The van der Waals surface area contributed by atoms with Gasteiger partial charge in [0.25, 0.3) is 0 Å². The van der Waals surface area contributed by atoms with Gasteiger partial charge in [-0.1, -0.05) is 0 Å². The molecule has 0 amide bonds. The predicted molar refractivity (Wildman–Crippen MR) is 125 cm³/mol. The van der Waals surface area contributed by atoms with E-state index in [9.17, 15) is 24.0 Å². The fourth-order valence-electron chi connectivity index (χ4n) is 4.35. The zero-order chi connectivity index (χ0) is 25.1. The Hall–Kier alpha value is 0.215. The Kier molecular flexibility index (Phi) is 10.3. The van der Waals surface area contributed by atoms with Crippen LogP contribution in [0.25, 0.3) is 0 Å². The third-order valence-corrected chi connectivity index (χ3v) is 7.88. The second kappa shape index (κ2) is 12.2. The number of aliphatic hydroxyl groups is 1. The fraction of sp³-hybridized carbons (Fsp3) is 1.00. The normalized spacial score (nSPS) is 41.9. The van der Waals surface area contributed by atoms with Crippen molar-refractivity contribution in [3.63, 3.8) is 0 Å². The van der Waals surface area contributed by atoms with Gasteiger partial charge in [0, 0.05) is 25.1 Å². The maximum Gasteiger partial charge on any atom is 0.472 e. The van der Waals surface area contributed by atoms with Crippen LogP contribution in [-0.4, -0.2) is 120 Å². The van der Waals surface area contributed by atoms with E-state index in [2.05, 4.69) is 0 Å². The van der Waals surface area contributed by atoms with Crippen LogP contribution >= 0.6 is 15.6 Å². The molecule has 3 aliphatic rings. The third kappa shape index (κ3) is 8.38. The highest BCUT2D eigenvalue weighted by molar-refractivity contribution is 7.47. The number of phosphoric ester groups is 2. The quantitative estimate of drug-likeness (QED) is 0.176. The highest BCUT2D eigenvalue weighted by atomic mass is 31.2. The SMILES string of the molecule is B[C@H]1C[C@@H](O)[C@@H](COP(=O)(O)O[C@@H]2C[C@H](B)O[C@@H]2COP(=O)(O)O[C@@H]2C[C@H](B)O[C@@H]2COC)O1. The van der Waals surface area contributed by atoms with Crippen molar-refractivity contribution in [1.82, 2.24) is 0 Å². The summed E-state index contributed by atoms with van der Waals surface area (Å²) in [7, 11) is -2.22. The summed E-state index contributed by atoms with van der Waals surface area (Å²) < 4.78 is 67.4. The molecule has 0 spiro atoms. The van der Waals surface area contributed by atoms with Gasteiger partial charge >= 0.3 is 15.6 Å². The minimum Gasteiger partial charge on any atom is -0.390 e. The molecule has 0 bridgehead atoms. The monoisotopic (exact) mass is 528 g/mol. The van der Waals surface area contributed by atoms with Crippen LogP contribution < -0.4 is 0 Å². The average Bonchev–Trinajstić information content (AvgIpc) is 3.34. The van der Waals surface area contributed by atoms with Gasteiger partial charge in [-0.15, -0.1) is 0 Å². The molecule has 0 aromatic rings. The molecule has 3 rings (SSSR count). The van der Waals surface area contributed by atoms with Crippen molar-refractivity contribution in [3.8, 4) is 0 Å². The molecule has 3 aliphatic heterocycles. The number of ether oxygens (including phenoxy) is 4. The largest absolute Gasteiger partial charge is 0.472 e. The minimum atomic E-state index is -4.54. The Balaban J connectivity index is 1.50. The van der Waals surface area contributed by atoms with Gasteiger partial charge < -0.3 is 33.8 Å². The number of rotatable bonds is 12. The van der Waals surface area contributed by atoms with Crippen molar-refractivity contribution in [2.75, 3.05) is 26.9 Å². The van der Waals surface area contributed by atoms with Crippen LogP contribution in [0.1, 0.15) is 19.3 Å². The van der Waals surface area contributed by atoms with Crippen LogP contribution in [0.4, 0.5) is 0 Å². The number of hydrogen-bond acceptors (Lipinski definition) is 11. The Morgan fingerprint density at radius 2 is 1.18 bits per heavy atom. The number of hydrogen-bond donors (Lipinski definition) is 3. The summed E-state index contributed by atoms with van der Waals surface area (Å²) in [5, 5.41) is 9.90. The third-order valence-electron chi connectivity index (χ3n) is 5.85. The van der Waals surface area contributed by atoms with Crippen LogP contribution in [0.15, 0.2) is 0 Å². The van der Waals surface area contributed by atoms with Crippen molar-refractivity contribution in [1.29, 1.82) is 0 Å². The molecule has 11 atom stereocenters. The maximum absolute atomic E-state index is 12.5. The highest BCUT2D eigenvalue weighted by Gasteiger charge is 2.43. The first kappa shape index (κ1) is 28.8. The predicted octanol–water partition coefficient (Wildman–Crippen LogP) is -2.76. The molecule has 3 heterocycles. The van der Waals surface area contributed by atoms with Crippen LogP contribution in [0.3, 0.4) is 0 Å². The summed E-state index contributed by atoms with van der Waals surface area (Å²) in [5.74, 6) is 0. The molecule has 13 nitrogen and oxygen atoms in total. The Morgan fingerprint density at radius 1 is 0.765 bits per heavy atom. The van der Waals surface area contributed by atoms with E-state index >= 15 is 0 Å². The van der Waals surface area contributed by atoms with Gasteiger partial charge in [-0.2, -0.15) is 0 Å². The molecule has 3 saturated heterocycles. The van der Waals surface area contributed by atoms with Gasteiger partial charge in [0.15, 0.2) is 0 Å². The molecule has 3 fully saturated rings. The average molecular weight is 528 g/mol. The first-order valence-corrected chi connectivity index (χ1v) is 14.3. The summed E-state index contributed by atoms with van der Waals surface area (Å²) in [4.78, 5) is 20.3. The number of aliphatic hydroxyl groups excluding tert-OH is 1. The van der Waals surface area contributed by atoms with Crippen LogP contribution in [0.2, 0.25) is 0 Å². The fourth-order valence-corrected chi connectivity index (χ4v) is 6.27. The van der Waals surface area contributed by atoms with Crippen molar-refractivity contribution in [2.45, 2.75) is 73.9 Å². The maximum atomic E-state index is 12.5. The lowest BCUT2D eigenvalue weighted by atomic mass is 9.96. The summed E-state index contributed by atoms with van der Waals surface area (Å²) >= 11 is 0. The van der Waals surface area contributed by atoms with Gasteiger partial charge in [0.2, 0.25) is 0 Å². The molecule has 0 radical (unpaired) electrons. The molecule has 0 aromatic heterocycles. The van der Waals surface area contributed by atoms with E-state index < -0.39 is 58.9 Å². The lowest BCUT2D eigenvalue weighted by molar-refractivity contribution is -0.0352. The van der Waals surface area contributed by atoms with Crippen LogP contribution in [-0.2, 0) is 46.2 Å². The van der Waals surface area contributed by atoms with Crippen LogP contribution in [0, 0.1) is 0 Å². The lowest BCUT2D eigenvalue weighted by Crippen LogP contribution is -2.31. The van der Waals surface area contributed by atoms with E-state index in [0.29, 0.717) is 12.8 Å². The molecule has 194 valence electrons. The summed E-state index contributed by atoms with van der Waals surface area (Å²) in [6, 6.07) is -0.707. The van der Waals surface area contributed by atoms with E-state index in [0.717, 1.165) is 0 Å². The first-order chi connectivity index (χ1) is 15.9. The highest BCUT2D eigenvalue weighted by Crippen LogP contribution is 2.50. The number of methoxy groups -OCH3 is 1. The molecular formula is C16H33B3O13P2. The van der Waals surface area contributed by atoms with Gasteiger partial charge in [0.1, 0.15) is 41.9 Å². The summed E-state index contributed by atoms with van der Waals surface area (Å²) in [6.45, 7) is -0.543. The van der Waals surface area contributed by atoms with Gasteiger partial charge in [-0.3, -0.25) is 18.1 Å². The van der Waals surface area contributed by atoms with E-state index in [-0.39, 0.29) is 37.6 Å². The molecule has 0 aliphatic carbocycles. The Labute approximate surface area is 201 Å². The van der Waals surface area contributed by atoms with Crippen LogP contribution in [0.5, 0.6) is 0 Å². The standard InChI is InChI=1S/C16H33B3O13P2/c1-25-5-12-9(3-15(18)29-12)31-34(23,24)27-7-13-10(4-16(19)30-13)32-33(21,22)26-6-11-8(20)2-14(17)28-11/h8-16,20H,2-7,17-19H2,1H3,(H,21,22)(H,23,24)/t8-,9-,10-,11-,12-,13-,14-,15-,16-/m1/s1. The van der Waals surface area contributed by atoms with Crippen molar-refractivity contribution < 1.29 is 61.1 Å². The minimum absolute atomic E-state index is 0.167. The molecular weight excluding hydrogens is 495 g/mol. The van der Waals surface area contributed by atoms with Crippen molar-refractivity contribution in [3.05, 3.63) is 0 Å².